The summed E-state index contributed by atoms with van der Waals surface area (Å²) < 4.78 is 0. The summed E-state index contributed by atoms with van der Waals surface area (Å²) in [6, 6.07) is -0.0718. The Morgan fingerprint density at radius 1 is 1.43 bits per heavy atom. The zero-order valence-electron chi connectivity index (χ0n) is 9.52. The van der Waals surface area contributed by atoms with Gasteiger partial charge in [0.1, 0.15) is 0 Å². The highest BCUT2D eigenvalue weighted by molar-refractivity contribution is 5.80. The Balaban J connectivity index is 2.28. The van der Waals surface area contributed by atoms with Gasteiger partial charge >= 0.3 is 0 Å². The molecule has 1 saturated carbocycles. The number of nitrogens with one attached hydrogen (secondary N) is 2. The zero-order chi connectivity index (χ0) is 10.6. The summed E-state index contributed by atoms with van der Waals surface area (Å²) in [5, 5.41) is 5.95. The van der Waals surface area contributed by atoms with Crippen LogP contribution in [0.5, 0.6) is 0 Å². The molecule has 2 N–H and O–H groups in total. The van der Waals surface area contributed by atoms with E-state index in [1.54, 1.807) is 7.05 Å². The highest BCUT2D eigenvalue weighted by Gasteiger charge is 2.29. The van der Waals surface area contributed by atoms with E-state index in [2.05, 4.69) is 17.6 Å². The van der Waals surface area contributed by atoms with Crippen LogP contribution in [0.1, 0.15) is 39.5 Å². The molecule has 1 rings (SSSR count). The number of hydrogen-bond acceptors (Lipinski definition) is 2. The van der Waals surface area contributed by atoms with Crippen molar-refractivity contribution in [3.63, 3.8) is 0 Å². The Hall–Kier alpha value is -0.570. The number of hydrogen-bond donors (Lipinski definition) is 2. The van der Waals surface area contributed by atoms with Crippen LogP contribution in [0.25, 0.3) is 0 Å². The van der Waals surface area contributed by atoms with Crippen LogP contribution < -0.4 is 10.6 Å². The van der Waals surface area contributed by atoms with Gasteiger partial charge in [0, 0.05) is 13.6 Å². The molecular weight excluding hydrogens is 176 g/mol. The molecule has 14 heavy (non-hydrogen) atoms. The van der Waals surface area contributed by atoms with Crippen LogP contribution in [-0.2, 0) is 4.79 Å². The first-order valence-electron chi connectivity index (χ1n) is 5.52. The molecular formula is C11H22N2O. The number of carbonyl (C=O) groups is 1. The van der Waals surface area contributed by atoms with Crippen LogP contribution in [0, 0.1) is 5.41 Å². The molecule has 0 aromatic rings. The van der Waals surface area contributed by atoms with Gasteiger partial charge in [-0.1, -0.05) is 19.8 Å². The Labute approximate surface area is 86.6 Å². The number of amides is 1. The molecule has 1 aliphatic rings. The Kier molecular flexibility index (Phi) is 3.93. The molecule has 1 unspecified atom stereocenters. The van der Waals surface area contributed by atoms with Gasteiger partial charge in [-0.2, -0.15) is 0 Å². The largest absolute Gasteiger partial charge is 0.358 e. The van der Waals surface area contributed by atoms with Crippen molar-refractivity contribution in [1.82, 2.24) is 10.6 Å². The summed E-state index contributed by atoms with van der Waals surface area (Å²) in [5.41, 5.74) is 0.419. The molecule has 0 spiro atoms. The van der Waals surface area contributed by atoms with Crippen LogP contribution >= 0.6 is 0 Å². The van der Waals surface area contributed by atoms with E-state index >= 15 is 0 Å². The predicted octanol–water partition coefficient (Wildman–Crippen LogP) is 1.29. The first-order valence-corrected chi connectivity index (χ1v) is 5.52. The lowest BCUT2D eigenvalue weighted by Crippen LogP contribution is -2.44. The molecule has 1 atom stereocenters. The number of likely N-dealkylation sites (N-methyl/N-ethyl adjacent to an activating group) is 1. The molecule has 82 valence electrons. The molecule has 0 radical (unpaired) electrons. The van der Waals surface area contributed by atoms with Gasteiger partial charge < -0.3 is 10.6 Å². The van der Waals surface area contributed by atoms with Crippen molar-refractivity contribution in [1.29, 1.82) is 0 Å². The lowest BCUT2D eigenvalue weighted by atomic mass is 9.89. The maximum atomic E-state index is 11.2. The second-order valence-electron chi connectivity index (χ2n) is 4.73. The fourth-order valence-electron chi connectivity index (χ4n) is 2.11. The van der Waals surface area contributed by atoms with Gasteiger partial charge in [0.2, 0.25) is 5.91 Å². The SMILES string of the molecule is CNC(=O)C(C)NCC1(C)CCCC1. The van der Waals surface area contributed by atoms with Crippen molar-refractivity contribution in [3.8, 4) is 0 Å². The minimum absolute atomic E-state index is 0.0718. The molecule has 1 aliphatic carbocycles. The first kappa shape index (κ1) is 11.5. The fraction of sp³-hybridized carbons (Fsp3) is 0.909. The Morgan fingerprint density at radius 3 is 2.50 bits per heavy atom. The molecule has 0 heterocycles. The van der Waals surface area contributed by atoms with Crippen molar-refractivity contribution >= 4 is 5.91 Å². The Bertz CT molecular complexity index is 197. The maximum Gasteiger partial charge on any atom is 0.236 e. The monoisotopic (exact) mass is 198 g/mol. The standard InChI is InChI=1S/C11H22N2O/c1-9(10(14)12-3)13-8-11(2)6-4-5-7-11/h9,13H,4-8H2,1-3H3,(H,12,14). The van der Waals surface area contributed by atoms with E-state index in [1.807, 2.05) is 6.92 Å². The normalized spacial score (nSPS) is 21.9. The summed E-state index contributed by atoms with van der Waals surface area (Å²) in [4.78, 5) is 11.2. The van der Waals surface area contributed by atoms with Crippen LogP contribution in [0.4, 0.5) is 0 Å². The van der Waals surface area contributed by atoms with E-state index in [4.69, 9.17) is 0 Å². The minimum Gasteiger partial charge on any atom is -0.358 e. The van der Waals surface area contributed by atoms with Gasteiger partial charge in [0.15, 0.2) is 0 Å². The number of rotatable bonds is 4. The quantitative estimate of drug-likeness (QED) is 0.714. The zero-order valence-corrected chi connectivity index (χ0v) is 9.52. The van der Waals surface area contributed by atoms with Gasteiger partial charge in [0.05, 0.1) is 6.04 Å². The van der Waals surface area contributed by atoms with E-state index in [-0.39, 0.29) is 11.9 Å². The van der Waals surface area contributed by atoms with E-state index in [9.17, 15) is 4.79 Å². The maximum absolute atomic E-state index is 11.2. The van der Waals surface area contributed by atoms with Crippen molar-refractivity contribution in [2.45, 2.75) is 45.6 Å². The molecule has 0 aromatic heterocycles. The summed E-state index contributed by atoms with van der Waals surface area (Å²) in [5.74, 6) is 0.0756. The van der Waals surface area contributed by atoms with Crippen molar-refractivity contribution in [3.05, 3.63) is 0 Å². The third-order valence-corrected chi connectivity index (χ3v) is 3.29. The molecule has 1 amide bonds. The topological polar surface area (TPSA) is 41.1 Å². The lowest BCUT2D eigenvalue weighted by molar-refractivity contribution is -0.122. The van der Waals surface area contributed by atoms with Gasteiger partial charge in [-0.15, -0.1) is 0 Å². The van der Waals surface area contributed by atoms with Gasteiger partial charge in [-0.3, -0.25) is 4.79 Å². The lowest BCUT2D eigenvalue weighted by Gasteiger charge is -2.25. The van der Waals surface area contributed by atoms with Crippen LogP contribution in [0.15, 0.2) is 0 Å². The third-order valence-electron chi connectivity index (χ3n) is 3.29. The summed E-state index contributed by atoms with van der Waals surface area (Å²) in [7, 11) is 1.68. The molecule has 3 heteroatoms. The molecule has 3 nitrogen and oxygen atoms in total. The van der Waals surface area contributed by atoms with Crippen molar-refractivity contribution in [2.75, 3.05) is 13.6 Å². The predicted molar refractivity (Wildman–Crippen MR) is 58.1 cm³/mol. The van der Waals surface area contributed by atoms with Gasteiger partial charge in [-0.25, -0.2) is 0 Å². The van der Waals surface area contributed by atoms with E-state index in [0.717, 1.165) is 6.54 Å². The van der Waals surface area contributed by atoms with Crippen LogP contribution in [-0.4, -0.2) is 25.5 Å². The average molecular weight is 198 g/mol. The summed E-state index contributed by atoms with van der Waals surface area (Å²) >= 11 is 0. The molecule has 1 fully saturated rings. The highest BCUT2D eigenvalue weighted by Crippen LogP contribution is 2.36. The highest BCUT2D eigenvalue weighted by atomic mass is 16.2. The first-order chi connectivity index (χ1) is 6.57. The molecule has 0 aliphatic heterocycles. The summed E-state index contributed by atoms with van der Waals surface area (Å²) in [6.45, 7) is 5.18. The summed E-state index contributed by atoms with van der Waals surface area (Å²) in [6.07, 6.45) is 5.26. The van der Waals surface area contributed by atoms with Crippen LogP contribution in [0.3, 0.4) is 0 Å². The number of carbonyl (C=O) groups excluding carboxylic acids is 1. The fourth-order valence-corrected chi connectivity index (χ4v) is 2.11. The third kappa shape index (κ3) is 2.98. The Morgan fingerprint density at radius 2 is 2.00 bits per heavy atom. The minimum atomic E-state index is -0.0718. The van der Waals surface area contributed by atoms with Gasteiger partial charge in [-0.05, 0) is 25.2 Å². The second-order valence-corrected chi connectivity index (χ2v) is 4.73. The smallest absolute Gasteiger partial charge is 0.236 e. The molecule has 0 aromatic carbocycles. The van der Waals surface area contributed by atoms with Crippen LogP contribution in [0.2, 0.25) is 0 Å². The van der Waals surface area contributed by atoms with E-state index in [1.165, 1.54) is 25.7 Å². The molecule has 0 bridgehead atoms. The van der Waals surface area contributed by atoms with Crippen molar-refractivity contribution in [2.24, 2.45) is 5.41 Å². The second kappa shape index (κ2) is 4.78. The average Bonchev–Trinajstić information content (AvgIpc) is 2.61. The van der Waals surface area contributed by atoms with Gasteiger partial charge in [0.25, 0.3) is 0 Å². The van der Waals surface area contributed by atoms with E-state index < -0.39 is 0 Å². The van der Waals surface area contributed by atoms with Crippen molar-refractivity contribution < 1.29 is 4.79 Å². The van der Waals surface area contributed by atoms with E-state index in [0.29, 0.717) is 5.41 Å². The molecule has 0 saturated heterocycles.